The number of hydrogen-bond donors (Lipinski definition) is 1. The summed E-state index contributed by atoms with van der Waals surface area (Å²) in [5, 5.41) is 23.5. The Balaban J connectivity index is 1.73. The van der Waals surface area contributed by atoms with Crippen molar-refractivity contribution in [1.29, 1.82) is 5.26 Å². The summed E-state index contributed by atoms with van der Waals surface area (Å²) in [5.41, 5.74) is 1.67. The van der Waals surface area contributed by atoms with E-state index < -0.39 is 11.5 Å². The molecule has 1 aromatic heterocycles. The number of aliphatic carboxylic acids is 1. The zero-order valence-corrected chi connectivity index (χ0v) is 15.2. The highest BCUT2D eigenvalue weighted by Gasteiger charge is 2.44. The van der Waals surface area contributed by atoms with E-state index in [2.05, 4.69) is 29.9 Å². The van der Waals surface area contributed by atoms with Crippen molar-refractivity contribution in [2.75, 3.05) is 13.1 Å². The Morgan fingerprint density at radius 2 is 2.08 bits per heavy atom. The zero-order chi connectivity index (χ0) is 18.7. The van der Waals surface area contributed by atoms with Crippen LogP contribution in [0.25, 0.3) is 0 Å². The van der Waals surface area contributed by atoms with Crippen LogP contribution in [0.1, 0.15) is 49.4 Å². The van der Waals surface area contributed by atoms with Crippen molar-refractivity contribution in [1.82, 2.24) is 14.7 Å². The topological polar surface area (TPSA) is 82.2 Å². The SMILES string of the molecule is CC(C)c1ccn(C2(C(=O)O)CCN(Cc3cccc(C#N)c3)CC2)n1. The molecule has 6 heteroatoms. The van der Waals surface area contributed by atoms with E-state index in [9.17, 15) is 9.90 Å². The average molecular weight is 352 g/mol. The Morgan fingerprint density at radius 1 is 1.35 bits per heavy atom. The number of piperidine rings is 1. The minimum absolute atomic E-state index is 0.273. The van der Waals surface area contributed by atoms with E-state index in [4.69, 9.17) is 5.26 Å². The maximum absolute atomic E-state index is 12.1. The average Bonchev–Trinajstić information content (AvgIpc) is 3.13. The maximum atomic E-state index is 12.1. The Hall–Kier alpha value is -2.65. The van der Waals surface area contributed by atoms with Crippen LogP contribution in [0.5, 0.6) is 0 Å². The summed E-state index contributed by atoms with van der Waals surface area (Å²) in [7, 11) is 0. The highest BCUT2D eigenvalue weighted by Crippen LogP contribution is 2.31. The van der Waals surface area contributed by atoms with Gasteiger partial charge in [0.25, 0.3) is 0 Å². The van der Waals surface area contributed by atoms with Crippen LogP contribution in [-0.4, -0.2) is 38.8 Å². The fourth-order valence-electron chi connectivity index (χ4n) is 3.50. The van der Waals surface area contributed by atoms with Crippen LogP contribution in [0.3, 0.4) is 0 Å². The molecule has 26 heavy (non-hydrogen) atoms. The molecule has 0 radical (unpaired) electrons. The van der Waals surface area contributed by atoms with Gasteiger partial charge in [-0.15, -0.1) is 0 Å². The third-order valence-electron chi connectivity index (χ3n) is 5.18. The summed E-state index contributed by atoms with van der Waals surface area (Å²) in [6.07, 6.45) is 2.83. The van der Waals surface area contributed by atoms with Gasteiger partial charge in [-0.1, -0.05) is 26.0 Å². The molecule has 3 rings (SSSR count). The first-order valence-corrected chi connectivity index (χ1v) is 8.95. The van der Waals surface area contributed by atoms with Gasteiger partial charge in [-0.3, -0.25) is 9.58 Å². The summed E-state index contributed by atoms with van der Waals surface area (Å²) < 4.78 is 1.65. The van der Waals surface area contributed by atoms with Gasteiger partial charge in [0.2, 0.25) is 0 Å². The van der Waals surface area contributed by atoms with Crippen molar-refractivity contribution in [2.45, 2.75) is 44.7 Å². The van der Waals surface area contributed by atoms with E-state index in [1.165, 1.54) is 0 Å². The predicted octanol–water partition coefficient (Wildman–Crippen LogP) is 2.95. The molecule has 6 nitrogen and oxygen atoms in total. The predicted molar refractivity (Wildman–Crippen MR) is 97.6 cm³/mol. The van der Waals surface area contributed by atoms with Crippen LogP contribution in [-0.2, 0) is 16.9 Å². The summed E-state index contributed by atoms with van der Waals surface area (Å²) in [6.45, 7) is 6.19. The molecule has 1 aliphatic rings. The first-order valence-electron chi connectivity index (χ1n) is 8.95. The fraction of sp³-hybridized carbons (Fsp3) is 0.450. The quantitative estimate of drug-likeness (QED) is 0.894. The number of hydrogen-bond acceptors (Lipinski definition) is 4. The van der Waals surface area contributed by atoms with Crippen LogP contribution in [0, 0.1) is 11.3 Å². The normalized spacial score (nSPS) is 17.2. The molecule has 2 heterocycles. The van der Waals surface area contributed by atoms with Gasteiger partial charge in [0.1, 0.15) is 0 Å². The lowest BCUT2D eigenvalue weighted by Crippen LogP contribution is -2.51. The highest BCUT2D eigenvalue weighted by atomic mass is 16.4. The van der Waals surface area contributed by atoms with Crippen molar-refractivity contribution < 1.29 is 9.90 Å². The van der Waals surface area contributed by atoms with E-state index in [1.807, 2.05) is 24.3 Å². The van der Waals surface area contributed by atoms with Crippen LogP contribution >= 0.6 is 0 Å². The maximum Gasteiger partial charge on any atom is 0.331 e. The second-order valence-corrected chi connectivity index (χ2v) is 7.26. The van der Waals surface area contributed by atoms with Gasteiger partial charge in [0, 0.05) is 25.8 Å². The monoisotopic (exact) mass is 352 g/mol. The highest BCUT2D eigenvalue weighted by molar-refractivity contribution is 5.76. The Morgan fingerprint density at radius 3 is 2.65 bits per heavy atom. The number of carboxylic acid groups (broad SMARTS) is 1. The summed E-state index contributed by atoms with van der Waals surface area (Å²) >= 11 is 0. The van der Waals surface area contributed by atoms with Gasteiger partial charge in [0.15, 0.2) is 5.54 Å². The minimum Gasteiger partial charge on any atom is -0.479 e. The number of carbonyl (C=O) groups is 1. The van der Waals surface area contributed by atoms with Gasteiger partial charge in [-0.25, -0.2) is 4.79 Å². The molecule has 0 unspecified atom stereocenters. The number of benzene rings is 1. The van der Waals surface area contributed by atoms with Gasteiger partial charge in [-0.2, -0.15) is 10.4 Å². The summed E-state index contributed by atoms with van der Waals surface area (Å²) in [5.74, 6) is -0.545. The number of carboxylic acids is 1. The Labute approximate surface area is 153 Å². The molecule has 1 aromatic carbocycles. The second-order valence-electron chi connectivity index (χ2n) is 7.26. The fourth-order valence-corrected chi connectivity index (χ4v) is 3.50. The molecular formula is C20H24N4O2. The largest absolute Gasteiger partial charge is 0.479 e. The molecule has 1 saturated heterocycles. The molecule has 136 valence electrons. The lowest BCUT2D eigenvalue weighted by molar-refractivity contribution is -0.151. The van der Waals surface area contributed by atoms with Crippen molar-refractivity contribution in [3.63, 3.8) is 0 Å². The van der Waals surface area contributed by atoms with E-state index in [-0.39, 0.29) is 5.92 Å². The van der Waals surface area contributed by atoms with Crippen molar-refractivity contribution in [3.05, 3.63) is 53.3 Å². The van der Waals surface area contributed by atoms with Crippen molar-refractivity contribution in [2.24, 2.45) is 0 Å². The van der Waals surface area contributed by atoms with E-state index in [0.29, 0.717) is 31.5 Å². The molecule has 1 aliphatic heterocycles. The number of aromatic nitrogens is 2. The van der Waals surface area contributed by atoms with Crippen molar-refractivity contribution >= 4 is 5.97 Å². The number of nitrogens with zero attached hydrogens (tertiary/aromatic N) is 4. The van der Waals surface area contributed by atoms with E-state index in [1.54, 1.807) is 16.9 Å². The number of likely N-dealkylation sites (tertiary alicyclic amines) is 1. The molecule has 1 N–H and O–H groups in total. The van der Waals surface area contributed by atoms with Gasteiger partial charge in [-0.05, 0) is 42.5 Å². The van der Waals surface area contributed by atoms with Crippen LogP contribution in [0.15, 0.2) is 36.5 Å². The van der Waals surface area contributed by atoms with Crippen LogP contribution in [0.2, 0.25) is 0 Å². The number of nitriles is 1. The zero-order valence-electron chi connectivity index (χ0n) is 15.2. The lowest BCUT2D eigenvalue weighted by Gasteiger charge is -2.39. The van der Waals surface area contributed by atoms with Crippen LogP contribution in [0.4, 0.5) is 0 Å². The van der Waals surface area contributed by atoms with E-state index >= 15 is 0 Å². The minimum atomic E-state index is -0.974. The molecule has 2 aromatic rings. The molecular weight excluding hydrogens is 328 g/mol. The third kappa shape index (κ3) is 3.49. The number of rotatable bonds is 5. The molecule has 0 bridgehead atoms. The smallest absolute Gasteiger partial charge is 0.331 e. The third-order valence-corrected chi connectivity index (χ3v) is 5.18. The Kier molecular flexibility index (Phi) is 5.10. The molecule has 0 aliphatic carbocycles. The first-order chi connectivity index (χ1) is 12.4. The lowest BCUT2D eigenvalue weighted by atomic mass is 9.87. The second kappa shape index (κ2) is 7.30. The molecule has 0 atom stereocenters. The first kappa shape index (κ1) is 18.2. The molecule has 0 saturated carbocycles. The van der Waals surface area contributed by atoms with Crippen LogP contribution < -0.4 is 0 Å². The van der Waals surface area contributed by atoms with Gasteiger partial charge in [0.05, 0.1) is 17.3 Å². The van der Waals surface area contributed by atoms with Crippen molar-refractivity contribution in [3.8, 4) is 6.07 Å². The summed E-state index contributed by atoms with van der Waals surface area (Å²) in [6, 6.07) is 11.6. The standard InChI is InChI=1S/C20H24N4O2/c1-15(2)18-6-9-24(22-18)20(19(25)26)7-10-23(11-8-20)14-17-5-3-4-16(12-17)13-21/h3-6,9,12,15H,7-8,10-11,14H2,1-2H3,(H,25,26). The summed E-state index contributed by atoms with van der Waals surface area (Å²) in [4.78, 5) is 14.3. The van der Waals surface area contributed by atoms with Gasteiger partial charge < -0.3 is 5.11 Å². The molecule has 0 amide bonds. The molecule has 0 spiro atoms. The van der Waals surface area contributed by atoms with Gasteiger partial charge >= 0.3 is 5.97 Å². The Bertz CT molecular complexity index is 826. The molecule has 1 fully saturated rings. The van der Waals surface area contributed by atoms with E-state index in [0.717, 1.165) is 17.8 Å².